The van der Waals surface area contributed by atoms with Crippen LogP contribution in [0.1, 0.15) is 58.8 Å². The number of alkyl halides is 1. The van der Waals surface area contributed by atoms with Gasteiger partial charge >= 0.3 is 0 Å². The lowest BCUT2D eigenvalue weighted by Crippen LogP contribution is -2.52. The maximum absolute atomic E-state index is 14.3. The van der Waals surface area contributed by atoms with Crippen molar-refractivity contribution in [1.29, 1.82) is 0 Å². The van der Waals surface area contributed by atoms with Crippen molar-refractivity contribution in [3.05, 3.63) is 11.6 Å². The van der Waals surface area contributed by atoms with E-state index < -0.39 is 6.17 Å². The number of fused-ring (bicyclic) bond motifs is 5. The molecule has 22 heavy (non-hydrogen) atoms. The Labute approximate surface area is 133 Å². The van der Waals surface area contributed by atoms with E-state index in [-0.39, 0.29) is 23.0 Å². The maximum Gasteiger partial charge on any atom is 0.116 e. The molecular formula is C19H30FNO. The van der Waals surface area contributed by atoms with Crippen molar-refractivity contribution in [3.8, 4) is 0 Å². The first-order valence-electron chi connectivity index (χ1n) is 9.13. The Bertz CT molecular complexity index is 506. The molecule has 0 aromatic heterocycles. The van der Waals surface area contributed by atoms with Gasteiger partial charge in [0.1, 0.15) is 6.17 Å². The highest BCUT2D eigenvalue weighted by molar-refractivity contribution is 5.25. The number of allylic oxidation sites excluding steroid dienone is 1. The number of rotatable bonds is 0. The Kier molecular flexibility index (Phi) is 3.30. The number of aliphatic hydroxyl groups excluding tert-OH is 1. The zero-order chi connectivity index (χ0) is 15.7. The molecule has 0 spiro atoms. The van der Waals surface area contributed by atoms with Crippen LogP contribution >= 0.6 is 0 Å². The second-order valence-corrected chi connectivity index (χ2v) is 8.98. The zero-order valence-corrected chi connectivity index (χ0v) is 13.9. The monoisotopic (exact) mass is 307 g/mol. The fourth-order valence-corrected chi connectivity index (χ4v) is 6.65. The summed E-state index contributed by atoms with van der Waals surface area (Å²) in [4.78, 5) is 0. The van der Waals surface area contributed by atoms with Crippen LogP contribution in [0.5, 0.6) is 0 Å². The van der Waals surface area contributed by atoms with Crippen molar-refractivity contribution in [2.75, 3.05) is 0 Å². The van der Waals surface area contributed by atoms with Crippen LogP contribution in [-0.2, 0) is 0 Å². The van der Waals surface area contributed by atoms with Gasteiger partial charge in [-0.1, -0.05) is 25.5 Å². The molecule has 124 valence electrons. The molecule has 3 heteroatoms. The molecule has 3 N–H and O–H groups in total. The summed E-state index contributed by atoms with van der Waals surface area (Å²) in [6, 6.07) is -0.273. The van der Waals surface area contributed by atoms with Crippen LogP contribution in [0, 0.1) is 28.6 Å². The molecule has 0 aromatic rings. The summed E-state index contributed by atoms with van der Waals surface area (Å²) in [6.07, 6.45) is 8.29. The summed E-state index contributed by atoms with van der Waals surface area (Å²) in [5, 5.41) is 10.0. The van der Waals surface area contributed by atoms with Gasteiger partial charge in [0.25, 0.3) is 0 Å². The average molecular weight is 307 g/mol. The molecular weight excluding hydrogens is 277 g/mol. The topological polar surface area (TPSA) is 46.2 Å². The van der Waals surface area contributed by atoms with Crippen molar-refractivity contribution >= 4 is 0 Å². The number of aliphatic hydroxyl groups is 1. The van der Waals surface area contributed by atoms with Gasteiger partial charge in [-0.2, -0.15) is 0 Å². The maximum atomic E-state index is 14.3. The third-order valence-electron chi connectivity index (χ3n) is 8.15. The van der Waals surface area contributed by atoms with E-state index in [2.05, 4.69) is 19.9 Å². The zero-order valence-electron chi connectivity index (χ0n) is 13.9. The first-order chi connectivity index (χ1) is 10.4. The molecule has 0 heterocycles. The van der Waals surface area contributed by atoms with Crippen molar-refractivity contribution < 1.29 is 9.50 Å². The van der Waals surface area contributed by atoms with Gasteiger partial charge < -0.3 is 10.8 Å². The lowest BCUT2D eigenvalue weighted by atomic mass is 9.48. The largest absolute Gasteiger partial charge is 0.393 e. The van der Waals surface area contributed by atoms with Crippen LogP contribution in [0.25, 0.3) is 0 Å². The molecule has 2 nitrogen and oxygen atoms in total. The summed E-state index contributed by atoms with van der Waals surface area (Å²) in [5.41, 5.74) is 7.96. The summed E-state index contributed by atoms with van der Waals surface area (Å²) in [5.74, 6) is 1.70. The van der Waals surface area contributed by atoms with Crippen LogP contribution in [-0.4, -0.2) is 23.4 Å². The number of hydrogen-bond acceptors (Lipinski definition) is 2. The third kappa shape index (κ3) is 1.84. The smallest absolute Gasteiger partial charge is 0.116 e. The van der Waals surface area contributed by atoms with E-state index in [1.807, 2.05) is 0 Å². The van der Waals surface area contributed by atoms with E-state index in [1.54, 1.807) is 0 Å². The predicted octanol–water partition coefficient (Wildman–Crippen LogP) is 3.59. The number of hydrogen-bond donors (Lipinski definition) is 2. The fraction of sp³-hybridized carbons (Fsp3) is 0.895. The van der Waals surface area contributed by atoms with Crippen LogP contribution in [0.15, 0.2) is 11.6 Å². The number of nitrogens with two attached hydrogens (primary N) is 1. The molecule has 0 amide bonds. The molecule has 4 aliphatic carbocycles. The highest BCUT2D eigenvalue weighted by atomic mass is 19.1. The number of halogens is 1. The van der Waals surface area contributed by atoms with Gasteiger partial charge in [-0.05, 0) is 73.5 Å². The molecule has 4 aliphatic rings. The van der Waals surface area contributed by atoms with Crippen molar-refractivity contribution in [2.24, 2.45) is 34.3 Å². The highest BCUT2D eigenvalue weighted by Crippen LogP contribution is 2.64. The van der Waals surface area contributed by atoms with Crippen LogP contribution in [0.2, 0.25) is 0 Å². The van der Waals surface area contributed by atoms with Gasteiger partial charge in [0.15, 0.2) is 0 Å². The Morgan fingerprint density at radius 2 is 2.00 bits per heavy atom. The minimum absolute atomic E-state index is 0.00350. The summed E-state index contributed by atoms with van der Waals surface area (Å²) in [7, 11) is 0. The van der Waals surface area contributed by atoms with E-state index in [9.17, 15) is 9.50 Å². The van der Waals surface area contributed by atoms with E-state index in [4.69, 9.17) is 5.73 Å². The Hall–Kier alpha value is -0.410. The molecule has 0 saturated heterocycles. The molecule has 0 aromatic carbocycles. The minimum atomic E-state index is -0.819. The van der Waals surface area contributed by atoms with Crippen LogP contribution < -0.4 is 5.73 Å². The second kappa shape index (κ2) is 4.80. The summed E-state index contributed by atoms with van der Waals surface area (Å²) in [6.45, 7) is 4.65. The normalized spacial score (nSPS) is 57.6. The van der Waals surface area contributed by atoms with Gasteiger partial charge in [0.05, 0.1) is 6.10 Å². The van der Waals surface area contributed by atoms with Gasteiger partial charge in [0.2, 0.25) is 0 Å². The summed E-state index contributed by atoms with van der Waals surface area (Å²) >= 11 is 0. The minimum Gasteiger partial charge on any atom is -0.393 e. The molecule has 3 fully saturated rings. The van der Waals surface area contributed by atoms with E-state index >= 15 is 0 Å². The van der Waals surface area contributed by atoms with Crippen molar-refractivity contribution in [3.63, 3.8) is 0 Å². The van der Waals surface area contributed by atoms with E-state index in [1.165, 1.54) is 12.0 Å². The summed E-state index contributed by atoms with van der Waals surface area (Å²) < 4.78 is 14.3. The Balaban J connectivity index is 1.68. The van der Waals surface area contributed by atoms with Crippen molar-refractivity contribution in [1.82, 2.24) is 0 Å². The molecule has 0 bridgehead atoms. The van der Waals surface area contributed by atoms with Gasteiger partial charge in [-0.15, -0.1) is 0 Å². The van der Waals surface area contributed by atoms with Gasteiger partial charge in [0, 0.05) is 6.04 Å². The average Bonchev–Trinajstić information content (AvgIpc) is 2.72. The fourth-order valence-electron chi connectivity index (χ4n) is 6.65. The van der Waals surface area contributed by atoms with E-state index in [0.29, 0.717) is 24.2 Å². The molecule has 0 aliphatic heterocycles. The third-order valence-corrected chi connectivity index (χ3v) is 8.15. The second-order valence-electron chi connectivity index (χ2n) is 8.98. The van der Waals surface area contributed by atoms with E-state index in [0.717, 1.165) is 32.1 Å². The Morgan fingerprint density at radius 1 is 1.23 bits per heavy atom. The van der Waals surface area contributed by atoms with Crippen molar-refractivity contribution in [2.45, 2.75) is 77.1 Å². The van der Waals surface area contributed by atoms with Gasteiger partial charge in [-0.25, -0.2) is 4.39 Å². The lowest BCUT2D eigenvalue weighted by Gasteiger charge is -2.57. The molecule has 8 atom stereocenters. The van der Waals surface area contributed by atoms with Gasteiger partial charge in [-0.3, -0.25) is 0 Å². The molecule has 4 rings (SSSR count). The molecule has 0 radical (unpaired) electrons. The SMILES string of the molecule is C[C@]12CC[C@H]3[C@@H](CC=C4C[C@H](O)CC[C@@]43C)[C@@H]1C[C@@H](F)[C@H]2N. The van der Waals surface area contributed by atoms with Crippen LogP contribution in [0.3, 0.4) is 0 Å². The predicted molar refractivity (Wildman–Crippen MR) is 86.0 cm³/mol. The quantitative estimate of drug-likeness (QED) is 0.672. The first-order valence-corrected chi connectivity index (χ1v) is 9.13. The van der Waals surface area contributed by atoms with Crippen LogP contribution in [0.4, 0.5) is 4.39 Å². The lowest BCUT2D eigenvalue weighted by molar-refractivity contribution is -0.0402. The first kappa shape index (κ1) is 15.1. The Morgan fingerprint density at radius 3 is 2.77 bits per heavy atom. The molecule has 3 saturated carbocycles. The standard InChI is InChI=1S/C19H30FNO/c1-18-7-5-12(22)9-11(18)3-4-13-14(18)6-8-19(2)15(13)10-16(20)17(19)21/h3,12-17,22H,4-10,21H2,1-2H3/t12-,13-,14+,15+,16-,17-,18+,19+/m1/s1. The molecule has 0 unspecified atom stereocenters. The highest BCUT2D eigenvalue weighted by Gasteiger charge is 2.60.